The number of hydrogen-bond donors (Lipinski definition) is 11. The van der Waals surface area contributed by atoms with Crippen LogP contribution in [0, 0.1) is 0 Å². The van der Waals surface area contributed by atoms with Crippen LogP contribution in [0.25, 0.3) is 0 Å². The van der Waals surface area contributed by atoms with Crippen molar-refractivity contribution in [2.75, 3.05) is 13.2 Å². The van der Waals surface area contributed by atoms with Crippen LogP contribution in [0.1, 0.15) is 6.42 Å². The number of ether oxygens (including phenoxy) is 4. The first-order chi connectivity index (χ1) is 15.5. The molecule has 194 valence electrons. The fourth-order valence-corrected chi connectivity index (χ4v) is 4.40. The molecule has 1 saturated carbocycles. The summed E-state index contributed by atoms with van der Waals surface area (Å²) in [6.45, 7) is -0.763. The fourth-order valence-electron chi connectivity index (χ4n) is 4.40. The average molecular weight is 485 g/mol. The normalized spacial score (nSPS) is 53.7. The van der Waals surface area contributed by atoms with Crippen molar-refractivity contribution in [3.8, 4) is 0 Å². The van der Waals surface area contributed by atoms with E-state index in [4.69, 9.17) is 41.9 Å². The summed E-state index contributed by atoms with van der Waals surface area (Å²) in [7, 11) is 0. The molecule has 3 fully saturated rings. The summed E-state index contributed by atoms with van der Waals surface area (Å²) in [5.74, 6) is 0. The van der Waals surface area contributed by atoms with E-state index in [1.54, 1.807) is 0 Å². The van der Waals surface area contributed by atoms with Gasteiger partial charge in [-0.05, 0) is 6.42 Å². The quantitative estimate of drug-likeness (QED) is 0.167. The first-order valence-electron chi connectivity index (χ1n) is 10.8. The second kappa shape index (κ2) is 11.0. The molecule has 0 amide bonds. The van der Waals surface area contributed by atoms with Gasteiger partial charge in [0.05, 0.1) is 12.6 Å². The van der Waals surface area contributed by atoms with E-state index in [9.17, 15) is 35.7 Å². The van der Waals surface area contributed by atoms with E-state index in [-0.39, 0.29) is 13.0 Å². The standard InChI is InChI=1S/C18H36N4O11/c19-2-6-10(25)12(27)13(28)18(30-6)33-16-5(21)1-4(20)15(14(16)29)32-17-11(26)8(22)9(24)7(3-23)31-17/h4-18,23-29H,1-3,19-22H2/t4-,5+,6?,7?,8?,9-,10-,11?,12?,13?,14-,15?,16-,17?,18?/m1/s1. The molecule has 0 radical (unpaired) electrons. The Morgan fingerprint density at radius 3 is 1.70 bits per heavy atom. The van der Waals surface area contributed by atoms with E-state index in [1.165, 1.54) is 0 Å². The number of aliphatic hydroxyl groups excluding tert-OH is 7. The Morgan fingerprint density at radius 2 is 1.18 bits per heavy atom. The molecule has 1 aliphatic carbocycles. The van der Waals surface area contributed by atoms with Crippen molar-refractivity contribution in [3.63, 3.8) is 0 Å². The number of aliphatic hydroxyl groups is 7. The minimum absolute atomic E-state index is 0.0849. The Bertz CT molecular complexity index is 584. The van der Waals surface area contributed by atoms with Crippen LogP contribution in [-0.4, -0.2) is 141 Å². The van der Waals surface area contributed by atoms with E-state index in [0.29, 0.717) is 0 Å². The fraction of sp³-hybridized carbons (Fsp3) is 1.00. The van der Waals surface area contributed by atoms with E-state index in [2.05, 4.69) is 0 Å². The molecule has 15 atom stereocenters. The molecule has 9 unspecified atom stereocenters. The Balaban J connectivity index is 1.72. The lowest BCUT2D eigenvalue weighted by molar-refractivity contribution is -0.332. The maximum absolute atomic E-state index is 10.9. The third-order valence-electron chi connectivity index (χ3n) is 6.48. The van der Waals surface area contributed by atoms with Crippen LogP contribution in [0.4, 0.5) is 0 Å². The van der Waals surface area contributed by atoms with Crippen molar-refractivity contribution in [1.82, 2.24) is 0 Å². The van der Waals surface area contributed by atoms with Gasteiger partial charge in [-0.3, -0.25) is 0 Å². The first-order valence-corrected chi connectivity index (χ1v) is 10.8. The minimum atomic E-state index is -1.66. The second-order valence-electron chi connectivity index (χ2n) is 8.79. The predicted octanol–water partition coefficient (Wildman–Crippen LogP) is -7.29. The molecule has 2 heterocycles. The van der Waals surface area contributed by atoms with Crippen molar-refractivity contribution in [2.24, 2.45) is 22.9 Å². The Hall–Kier alpha value is -0.600. The third kappa shape index (κ3) is 5.32. The van der Waals surface area contributed by atoms with Gasteiger partial charge in [-0.25, -0.2) is 0 Å². The lowest BCUT2D eigenvalue weighted by Gasteiger charge is -2.48. The van der Waals surface area contributed by atoms with Crippen molar-refractivity contribution < 1.29 is 54.7 Å². The van der Waals surface area contributed by atoms with Gasteiger partial charge in [0.15, 0.2) is 12.6 Å². The van der Waals surface area contributed by atoms with Gasteiger partial charge in [0, 0.05) is 18.6 Å². The first kappa shape index (κ1) is 27.0. The highest BCUT2D eigenvalue weighted by Crippen LogP contribution is 2.31. The maximum Gasteiger partial charge on any atom is 0.187 e. The zero-order valence-electron chi connectivity index (χ0n) is 17.9. The summed E-state index contributed by atoms with van der Waals surface area (Å²) in [6, 6.07) is -2.86. The maximum atomic E-state index is 10.9. The SMILES string of the molecule is NCC1OC(O[C@H]2[C@H](O)C(OC3OC(CO)[C@@H](O)C(N)C3O)[C@H](N)C[C@@H]2N)C(O)C(O)[C@@H]1O. The van der Waals surface area contributed by atoms with Gasteiger partial charge in [-0.1, -0.05) is 0 Å². The largest absolute Gasteiger partial charge is 0.394 e. The van der Waals surface area contributed by atoms with Gasteiger partial charge < -0.3 is 77.6 Å². The van der Waals surface area contributed by atoms with Crippen molar-refractivity contribution in [2.45, 2.75) is 98.2 Å². The Labute approximate surface area is 189 Å². The molecule has 2 saturated heterocycles. The summed E-state index contributed by atoms with van der Waals surface area (Å²) in [4.78, 5) is 0. The number of hydrogen-bond acceptors (Lipinski definition) is 15. The van der Waals surface area contributed by atoms with Gasteiger partial charge in [0.25, 0.3) is 0 Å². The molecule has 3 rings (SSSR count). The van der Waals surface area contributed by atoms with Gasteiger partial charge in [0.2, 0.25) is 0 Å². The van der Waals surface area contributed by atoms with Gasteiger partial charge >= 0.3 is 0 Å². The predicted molar refractivity (Wildman–Crippen MR) is 108 cm³/mol. The molecular formula is C18H36N4O11. The molecule has 33 heavy (non-hydrogen) atoms. The average Bonchev–Trinajstić information content (AvgIpc) is 2.79. The third-order valence-corrected chi connectivity index (χ3v) is 6.48. The van der Waals surface area contributed by atoms with Gasteiger partial charge in [-0.15, -0.1) is 0 Å². The van der Waals surface area contributed by atoms with E-state index in [1.807, 2.05) is 0 Å². The lowest BCUT2D eigenvalue weighted by Crippen LogP contribution is -2.68. The topological polar surface area (TPSA) is 283 Å². The van der Waals surface area contributed by atoms with Crippen molar-refractivity contribution >= 4 is 0 Å². The van der Waals surface area contributed by atoms with E-state index < -0.39 is 98.4 Å². The highest BCUT2D eigenvalue weighted by Gasteiger charge is 2.51. The van der Waals surface area contributed by atoms with Crippen LogP contribution < -0.4 is 22.9 Å². The summed E-state index contributed by atoms with van der Waals surface area (Å²) < 4.78 is 22.2. The molecule has 15 heteroatoms. The zero-order valence-corrected chi connectivity index (χ0v) is 17.9. The minimum Gasteiger partial charge on any atom is -0.394 e. The Morgan fingerprint density at radius 1 is 0.667 bits per heavy atom. The highest BCUT2D eigenvalue weighted by molar-refractivity contribution is 5.01. The molecule has 0 aromatic carbocycles. The molecule has 15 N–H and O–H groups in total. The second-order valence-corrected chi connectivity index (χ2v) is 8.79. The van der Waals surface area contributed by atoms with Crippen LogP contribution in [-0.2, 0) is 18.9 Å². The monoisotopic (exact) mass is 484 g/mol. The Kier molecular flexibility index (Phi) is 8.99. The van der Waals surface area contributed by atoms with Crippen molar-refractivity contribution in [3.05, 3.63) is 0 Å². The molecule has 3 aliphatic rings. The molecule has 0 aromatic heterocycles. The van der Waals surface area contributed by atoms with E-state index in [0.717, 1.165) is 0 Å². The molecular weight excluding hydrogens is 448 g/mol. The molecule has 2 aliphatic heterocycles. The summed E-state index contributed by atoms with van der Waals surface area (Å²) in [5, 5.41) is 70.9. The number of nitrogens with two attached hydrogens (primary N) is 4. The van der Waals surface area contributed by atoms with Crippen LogP contribution in [0.3, 0.4) is 0 Å². The number of rotatable bonds is 6. The van der Waals surface area contributed by atoms with Gasteiger partial charge in [0.1, 0.15) is 61.0 Å². The van der Waals surface area contributed by atoms with Crippen LogP contribution in [0.2, 0.25) is 0 Å². The highest BCUT2D eigenvalue weighted by atomic mass is 16.7. The zero-order chi connectivity index (χ0) is 24.6. The van der Waals surface area contributed by atoms with E-state index >= 15 is 0 Å². The smallest absolute Gasteiger partial charge is 0.187 e. The summed E-state index contributed by atoms with van der Waals surface area (Å²) in [6.07, 6.45) is -16.5. The van der Waals surface area contributed by atoms with Crippen LogP contribution in [0.15, 0.2) is 0 Å². The molecule has 15 nitrogen and oxygen atoms in total. The molecule has 0 bridgehead atoms. The van der Waals surface area contributed by atoms with Crippen LogP contribution in [0.5, 0.6) is 0 Å². The molecule has 0 aromatic rings. The summed E-state index contributed by atoms with van der Waals surface area (Å²) >= 11 is 0. The van der Waals surface area contributed by atoms with Crippen molar-refractivity contribution in [1.29, 1.82) is 0 Å². The lowest BCUT2D eigenvalue weighted by atomic mass is 9.84. The summed E-state index contributed by atoms with van der Waals surface area (Å²) in [5.41, 5.74) is 23.5. The van der Waals surface area contributed by atoms with Crippen LogP contribution >= 0.6 is 0 Å². The van der Waals surface area contributed by atoms with Gasteiger partial charge in [-0.2, -0.15) is 0 Å². The molecule has 0 spiro atoms.